The number of pyridine rings is 4. The molecule has 12 aromatic carbocycles. The van der Waals surface area contributed by atoms with Gasteiger partial charge in [0.2, 0.25) is 0 Å². The Balaban J connectivity index is 0.000000152. The van der Waals surface area contributed by atoms with Crippen molar-refractivity contribution in [2.45, 2.75) is 13.8 Å². The van der Waals surface area contributed by atoms with Gasteiger partial charge >= 0.3 is 0 Å². The fourth-order valence-corrected chi connectivity index (χ4v) is 13.3. The summed E-state index contributed by atoms with van der Waals surface area (Å²) in [7, 11) is 0. The second-order valence-corrected chi connectivity index (χ2v) is 25.4. The Bertz CT molecular complexity index is 5610. The molecule has 0 unspecified atom stereocenters. The van der Waals surface area contributed by atoms with Crippen LogP contribution in [0.15, 0.2) is 346 Å². The van der Waals surface area contributed by atoms with E-state index in [1.807, 2.05) is 117 Å². The van der Waals surface area contributed by atoms with Crippen LogP contribution in [0, 0.1) is 13.8 Å². The van der Waals surface area contributed by atoms with Crippen molar-refractivity contribution in [2.75, 3.05) is 0 Å². The summed E-state index contributed by atoms with van der Waals surface area (Å²) in [5.74, 6) is 2.61. The van der Waals surface area contributed by atoms with E-state index in [1.54, 1.807) is 0 Å². The Morgan fingerprint density at radius 2 is 0.451 bits per heavy atom. The van der Waals surface area contributed by atoms with Gasteiger partial charge in [-0.05, 0) is 101 Å². The predicted molar refractivity (Wildman–Crippen MR) is 418 cm³/mol. The zero-order valence-corrected chi connectivity index (χ0v) is 55.9. The second-order valence-electron chi connectivity index (χ2n) is 25.4. The van der Waals surface area contributed by atoms with E-state index in [0.717, 1.165) is 167 Å². The van der Waals surface area contributed by atoms with E-state index in [2.05, 4.69) is 243 Å². The minimum absolute atomic E-state index is 0.631. The minimum Gasteiger partial charge on any atom is -0.251 e. The molecule has 0 amide bonds. The molecule has 0 N–H and O–H groups in total. The molecule has 0 spiro atoms. The number of aryl methyl sites for hydroxylation is 2. The lowest BCUT2D eigenvalue weighted by Crippen LogP contribution is -2.00. The Morgan fingerprint density at radius 3 is 0.833 bits per heavy atom. The lowest BCUT2D eigenvalue weighted by Gasteiger charge is -2.13. The maximum absolute atomic E-state index is 5.24. The predicted octanol–water partition coefficient (Wildman–Crippen LogP) is 23.2. The SMILES string of the molecule is Cc1ccc2ccc3c(-c4ccccc4)cc(-c4ccc(-c5cccc(-c6nc(-c7ccccc7)cc(-c7ccccc7)n6)c5)cc4)nc3c2n1.Cc1ccc2ccc3c(-c4ccccc4)cc(-c4ccc(-c5cccc(-c6nc(-c7ccccc7)nc(-c7ccccc7)n6)c5)cc4)nc3c2n1. The normalized spacial score (nSPS) is 11.2. The van der Waals surface area contributed by atoms with Crippen molar-refractivity contribution in [3.05, 3.63) is 357 Å². The van der Waals surface area contributed by atoms with Gasteiger partial charge in [-0.1, -0.05) is 303 Å². The third-order valence-electron chi connectivity index (χ3n) is 18.6. The van der Waals surface area contributed by atoms with Crippen molar-refractivity contribution in [2.24, 2.45) is 0 Å². The minimum atomic E-state index is 0.631. The number of fused-ring (bicyclic) bond motifs is 6. The molecule has 9 heteroatoms. The Morgan fingerprint density at radius 1 is 0.167 bits per heavy atom. The van der Waals surface area contributed by atoms with Crippen LogP contribution in [-0.2, 0) is 0 Å². The quantitative estimate of drug-likeness (QED) is 0.110. The highest BCUT2D eigenvalue weighted by molar-refractivity contribution is 6.11. The molecule has 102 heavy (non-hydrogen) atoms. The summed E-state index contributed by atoms with van der Waals surface area (Å²) in [5, 5.41) is 4.35. The summed E-state index contributed by atoms with van der Waals surface area (Å²) in [5.41, 5.74) is 26.1. The zero-order chi connectivity index (χ0) is 68.3. The van der Waals surface area contributed by atoms with Crippen LogP contribution < -0.4 is 0 Å². The maximum Gasteiger partial charge on any atom is 0.164 e. The smallest absolute Gasteiger partial charge is 0.164 e. The van der Waals surface area contributed by atoms with E-state index in [4.69, 9.17) is 44.9 Å². The van der Waals surface area contributed by atoms with Crippen LogP contribution in [0.3, 0.4) is 0 Å². The average Bonchev–Trinajstić information content (AvgIpc) is 0.805. The summed E-state index contributed by atoms with van der Waals surface area (Å²) in [6.07, 6.45) is 0. The molecule has 0 aliphatic carbocycles. The van der Waals surface area contributed by atoms with Gasteiger partial charge in [-0.3, -0.25) is 9.97 Å². The average molecular weight is 1310 g/mol. The van der Waals surface area contributed by atoms with Crippen molar-refractivity contribution in [1.82, 2.24) is 44.9 Å². The van der Waals surface area contributed by atoms with Crippen LogP contribution in [0.1, 0.15) is 11.4 Å². The molecule has 18 aromatic rings. The highest BCUT2D eigenvalue weighted by Gasteiger charge is 2.19. The van der Waals surface area contributed by atoms with E-state index >= 15 is 0 Å². The molecule has 18 rings (SSSR count). The first-order valence-electron chi connectivity index (χ1n) is 34.1. The Hall–Kier alpha value is -13.6. The standard InChI is InChI=1S/C47H32N4.C46H31N5/c1-31-20-21-37-26-27-40-41(33-12-5-2-6-13-33)29-42(49-46(40)45(37)48-31)36-24-22-32(23-25-36)38-18-11-19-39(28-38)47-50-43(34-14-7-3-8-15-34)30-44(51-47)35-16-9-4-10-17-35;1-30-20-21-34-26-27-39-40(32-12-5-2-6-13-32)29-41(48-43(39)42(34)47-30)33-24-22-31(23-25-33)37-18-11-19-38(28-37)46-50-44(35-14-7-3-8-15-35)49-45(51-46)36-16-9-4-10-17-36/h2-30H,1H3;2-29H,1H3. The summed E-state index contributed by atoms with van der Waals surface area (Å²) in [6.45, 7) is 4.06. The lowest BCUT2D eigenvalue weighted by molar-refractivity contribution is 1.07. The third-order valence-corrected chi connectivity index (χ3v) is 18.6. The monoisotopic (exact) mass is 1310 g/mol. The van der Waals surface area contributed by atoms with Gasteiger partial charge < -0.3 is 0 Å². The van der Waals surface area contributed by atoms with Gasteiger partial charge in [0.15, 0.2) is 23.3 Å². The summed E-state index contributed by atoms with van der Waals surface area (Å²) >= 11 is 0. The summed E-state index contributed by atoms with van der Waals surface area (Å²) < 4.78 is 0. The largest absolute Gasteiger partial charge is 0.251 e. The maximum atomic E-state index is 5.24. The fourth-order valence-electron chi connectivity index (χ4n) is 13.3. The van der Waals surface area contributed by atoms with E-state index in [1.165, 1.54) is 0 Å². The topological polar surface area (TPSA) is 116 Å². The van der Waals surface area contributed by atoms with E-state index in [-0.39, 0.29) is 0 Å². The van der Waals surface area contributed by atoms with Crippen molar-refractivity contribution in [3.8, 4) is 135 Å². The zero-order valence-electron chi connectivity index (χ0n) is 55.9. The molecular weight excluding hydrogens is 1240 g/mol. The molecule has 0 radical (unpaired) electrons. The fraction of sp³-hybridized carbons (Fsp3) is 0.0215. The molecule has 0 fully saturated rings. The van der Waals surface area contributed by atoms with Crippen molar-refractivity contribution >= 4 is 43.6 Å². The molecule has 6 heterocycles. The van der Waals surface area contributed by atoms with Crippen LogP contribution in [0.4, 0.5) is 0 Å². The van der Waals surface area contributed by atoms with Gasteiger partial charge in [0, 0.05) is 77.4 Å². The van der Waals surface area contributed by atoms with Crippen LogP contribution in [-0.4, -0.2) is 44.9 Å². The summed E-state index contributed by atoms with van der Waals surface area (Å²) in [6, 6.07) is 119. The molecule has 480 valence electrons. The van der Waals surface area contributed by atoms with Crippen molar-refractivity contribution in [1.29, 1.82) is 0 Å². The third kappa shape index (κ3) is 12.7. The van der Waals surface area contributed by atoms with Gasteiger partial charge in [-0.15, -0.1) is 0 Å². The first-order valence-corrected chi connectivity index (χ1v) is 34.1. The number of nitrogens with zero attached hydrogens (tertiary/aromatic N) is 9. The van der Waals surface area contributed by atoms with Crippen LogP contribution in [0.2, 0.25) is 0 Å². The van der Waals surface area contributed by atoms with Crippen LogP contribution in [0.5, 0.6) is 0 Å². The molecule has 0 bridgehead atoms. The highest BCUT2D eigenvalue weighted by atomic mass is 15.0. The first kappa shape index (κ1) is 61.9. The molecule has 0 aliphatic rings. The van der Waals surface area contributed by atoms with Crippen molar-refractivity contribution < 1.29 is 0 Å². The van der Waals surface area contributed by atoms with Gasteiger partial charge in [0.05, 0.1) is 44.8 Å². The molecule has 0 aliphatic heterocycles. The van der Waals surface area contributed by atoms with E-state index < -0.39 is 0 Å². The van der Waals surface area contributed by atoms with Crippen LogP contribution in [0.25, 0.3) is 179 Å². The molecule has 0 saturated carbocycles. The number of benzene rings is 12. The molecule has 6 aromatic heterocycles. The number of hydrogen-bond donors (Lipinski definition) is 0. The molecular formula is C93H63N9. The van der Waals surface area contributed by atoms with Crippen molar-refractivity contribution in [3.63, 3.8) is 0 Å². The number of aromatic nitrogens is 9. The van der Waals surface area contributed by atoms with E-state index in [0.29, 0.717) is 23.3 Å². The first-order chi connectivity index (χ1) is 50.3. The Labute approximate surface area is 591 Å². The summed E-state index contributed by atoms with van der Waals surface area (Å²) in [4.78, 5) is 45.2. The van der Waals surface area contributed by atoms with Gasteiger partial charge in [-0.25, -0.2) is 34.9 Å². The van der Waals surface area contributed by atoms with Gasteiger partial charge in [0.25, 0.3) is 0 Å². The van der Waals surface area contributed by atoms with Crippen LogP contribution >= 0.6 is 0 Å². The molecule has 0 saturated heterocycles. The Kier molecular flexibility index (Phi) is 16.6. The number of rotatable bonds is 12. The highest BCUT2D eigenvalue weighted by Crippen LogP contribution is 2.40. The molecule has 9 nitrogen and oxygen atoms in total. The lowest BCUT2D eigenvalue weighted by atomic mass is 9.96. The van der Waals surface area contributed by atoms with Gasteiger partial charge in [0.1, 0.15) is 0 Å². The van der Waals surface area contributed by atoms with E-state index in [9.17, 15) is 0 Å². The number of hydrogen-bond acceptors (Lipinski definition) is 9. The van der Waals surface area contributed by atoms with Gasteiger partial charge in [-0.2, -0.15) is 0 Å². The second kappa shape index (κ2) is 27.4. The molecule has 0 atom stereocenters.